The van der Waals surface area contributed by atoms with Crippen molar-refractivity contribution >= 4 is 38.9 Å². The summed E-state index contributed by atoms with van der Waals surface area (Å²) >= 11 is 1.34. The molecule has 3 aromatic rings. The van der Waals surface area contributed by atoms with E-state index in [4.69, 9.17) is 14.5 Å². The fraction of sp³-hybridized carbons (Fsp3) is 0.440. The van der Waals surface area contributed by atoms with Gasteiger partial charge in [-0.3, -0.25) is 13.6 Å². The van der Waals surface area contributed by atoms with E-state index in [0.717, 1.165) is 29.1 Å². The number of thiazole rings is 1. The number of hydrogen-bond acceptors (Lipinski definition) is 10. The second-order valence-corrected chi connectivity index (χ2v) is 12.1. The SMILES string of the molecule is COCC(NC(=O)c1ccn(S(C)(=O)=O)c1)C(=O)Cc1nc(-c2cccc(N3CC(C)OC(C)C3)n2)cs1. The van der Waals surface area contributed by atoms with E-state index >= 15 is 0 Å². The minimum Gasteiger partial charge on any atom is -0.382 e. The number of carbonyl (C=O) groups is 2. The van der Waals surface area contributed by atoms with Gasteiger partial charge < -0.3 is 19.7 Å². The number of amides is 1. The summed E-state index contributed by atoms with van der Waals surface area (Å²) in [6.07, 6.45) is 3.73. The summed E-state index contributed by atoms with van der Waals surface area (Å²) in [5, 5.41) is 5.08. The van der Waals surface area contributed by atoms with Gasteiger partial charge in [0.15, 0.2) is 5.78 Å². The number of anilines is 1. The monoisotopic (exact) mass is 561 g/mol. The highest BCUT2D eigenvalue weighted by Gasteiger charge is 2.25. The third-order valence-electron chi connectivity index (χ3n) is 5.96. The number of methoxy groups -OCH3 is 1. The molecular weight excluding hydrogens is 530 g/mol. The van der Waals surface area contributed by atoms with Crippen LogP contribution in [0.25, 0.3) is 11.4 Å². The van der Waals surface area contributed by atoms with Gasteiger partial charge in [-0.05, 0) is 32.0 Å². The molecule has 1 N–H and O–H groups in total. The Bertz CT molecular complexity index is 1390. The van der Waals surface area contributed by atoms with E-state index in [1.807, 2.05) is 37.4 Å². The van der Waals surface area contributed by atoms with Crippen molar-refractivity contribution < 1.29 is 27.5 Å². The van der Waals surface area contributed by atoms with Gasteiger partial charge in [0.2, 0.25) is 10.0 Å². The molecule has 0 saturated carbocycles. The smallest absolute Gasteiger partial charge is 0.253 e. The Labute approximate surface area is 225 Å². The van der Waals surface area contributed by atoms with Crippen LogP contribution in [0.15, 0.2) is 42.0 Å². The molecule has 0 aliphatic carbocycles. The molecule has 1 saturated heterocycles. The van der Waals surface area contributed by atoms with Gasteiger partial charge in [0.05, 0.1) is 48.4 Å². The molecule has 4 rings (SSSR count). The van der Waals surface area contributed by atoms with Gasteiger partial charge in [-0.25, -0.2) is 18.4 Å². The number of ether oxygens (including phenoxy) is 2. The standard InChI is InChI=1S/C25H31N5O6S2/c1-16-11-29(12-17(2)36-16)23-7-5-6-19(26-23)21-15-37-24(27-21)10-22(31)20(14-35-3)28-25(32)18-8-9-30(13-18)38(4,33)34/h5-9,13,15-17,20H,10-12,14H2,1-4H3,(H,28,32). The van der Waals surface area contributed by atoms with Crippen LogP contribution >= 0.6 is 11.3 Å². The predicted molar refractivity (Wildman–Crippen MR) is 144 cm³/mol. The molecule has 1 amide bonds. The summed E-state index contributed by atoms with van der Waals surface area (Å²) in [6.45, 7) is 5.56. The number of hydrogen-bond donors (Lipinski definition) is 1. The highest BCUT2D eigenvalue weighted by atomic mass is 32.2. The van der Waals surface area contributed by atoms with Crippen molar-refractivity contribution in [3.63, 3.8) is 0 Å². The second-order valence-electron chi connectivity index (χ2n) is 9.29. The molecular formula is C25H31N5O6S2. The molecule has 204 valence electrons. The third kappa shape index (κ3) is 6.84. The first kappa shape index (κ1) is 27.9. The quantitative estimate of drug-likeness (QED) is 0.395. The predicted octanol–water partition coefficient (Wildman–Crippen LogP) is 1.98. The molecule has 0 spiro atoms. The van der Waals surface area contributed by atoms with Crippen LogP contribution in [0.5, 0.6) is 0 Å². The van der Waals surface area contributed by atoms with Crippen molar-refractivity contribution in [3.8, 4) is 11.4 Å². The number of aromatic nitrogens is 3. The van der Waals surface area contributed by atoms with Crippen molar-refractivity contribution in [2.45, 2.75) is 38.5 Å². The van der Waals surface area contributed by atoms with E-state index in [9.17, 15) is 18.0 Å². The molecule has 0 radical (unpaired) electrons. The van der Waals surface area contributed by atoms with Crippen LogP contribution < -0.4 is 10.2 Å². The topological polar surface area (TPSA) is 133 Å². The minimum atomic E-state index is -3.52. The van der Waals surface area contributed by atoms with Gasteiger partial charge in [-0.15, -0.1) is 11.3 Å². The highest BCUT2D eigenvalue weighted by Crippen LogP contribution is 2.25. The molecule has 1 aliphatic rings. The average Bonchev–Trinajstić information content (AvgIpc) is 3.53. The lowest BCUT2D eigenvalue weighted by molar-refractivity contribution is -0.121. The average molecular weight is 562 g/mol. The zero-order valence-corrected chi connectivity index (χ0v) is 23.3. The maximum atomic E-state index is 13.0. The molecule has 0 aromatic carbocycles. The molecule has 0 bridgehead atoms. The summed E-state index contributed by atoms with van der Waals surface area (Å²) in [4.78, 5) is 37.3. The largest absolute Gasteiger partial charge is 0.382 e. The van der Waals surface area contributed by atoms with Gasteiger partial charge in [-0.2, -0.15) is 0 Å². The first-order chi connectivity index (χ1) is 18.0. The van der Waals surface area contributed by atoms with Crippen molar-refractivity contribution in [1.82, 2.24) is 19.3 Å². The fourth-order valence-electron chi connectivity index (χ4n) is 4.23. The maximum Gasteiger partial charge on any atom is 0.253 e. The van der Waals surface area contributed by atoms with E-state index in [2.05, 4.69) is 15.2 Å². The summed E-state index contributed by atoms with van der Waals surface area (Å²) in [6, 6.07) is 6.24. The van der Waals surface area contributed by atoms with Gasteiger partial charge >= 0.3 is 0 Å². The number of pyridine rings is 1. The summed E-state index contributed by atoms with van der Waals surface area (Å²) < 4.78 is 35.3. The zero-order chi connectivity index (χ0) is 27.4. The molecule has 1 fully saturated rings. The Hall–Kier alpha value is -3.13. The van der Waals surface area contributed by atoms with Gasteiger partial charge in [0.25, 0.3) is 5.91 Å². The maximum absolute atomic E-state index is 13.0. The van der Waals surface area contributed by atoms with Crippen molar-refractivity contribution in [2.75, 3.05) is 38.0 Å². The lowest BCUT2D eigenvalue weighted by atomic mass is 10.1. The fourth-order valence-corrected chi connectivity index (χ4v) is 5.61. The van der Waals surface area contributed by atoms with Crippen LogP contribution in [0.4, 0.5) is 5.82 Å². The Morgan fingerprint density at radius 3 is 2.58 bits per heavy atom. The summed E-state index contributed by atoms with van der Waals surface area (Å²) in [5.41, 5.74) is 1.50. The minimum absolute atomic E-state index is 0.00150. The van der Waals surface area contributed by atoms with Crippen LogP contribution in [0.2, 0.25) is 0 Å². The van der Waals surface area contributed by atoms with Crippen LogP contribution in [0.1, 0.15) is 29.2 Å². The molecule has 4 heterocycles. The normalized spacial score (nSPS) is 18.8. The Morgan fingerprint density at radius 2 is 1.92 bits per heavy atom. The van der Waals surface area contributed by atoms with Crippen molar-refractivity contribution in [3.05, 3.63) is 52.6 Å². The lowest BCUT2D eigenvalue weighted by Gasteiger charge is -2.36. The first-order valence-corrected chi connectivity index (χ1v) is 14.8. The van der Waals surface area contributed by atoms with Gasteiger partial charge in [0, 0.05) is 38.0 Å². The molecule has 13 heteroatoms. The van der Waals surface area contributed by atoms with E-state index in [0.29, 0.717) is 16.4 Å². The van der Waals surface area contributed by atoms with E-state index < -0.39 is 22.0 Å². The van der Waals surface area contributed by atoms with E-state index in [1.54, 1.807) is 0 Å². The number of carbonyl (C=O) groups excluding carboxylic acids is 2. The number of rotatable bonds is 10. The molecule has 3 unspecified atom stereocenters. The number of Topliss-reactive ketones (excluding diaryl/α,β-unsaturated/α-hetero) is 1. The Balaban J connectivity index is 1.43. The highest BCUT2D eigenvalue weighted by molar-refractivity contribution is 7.89. The second kappa shape index (κ2) is 11.7. The van der Waals surface area contributed by atoms with Crippen LogP contribution in [-0.4, -0.2) is 85.4 Å². The molecule has 3 aromatic heterocycles. The van der Waals surface area contributed by atoms with Crippen LogP contribution in [0.3, 0.4) is 0 Å². The molecule has 11 nitrogen and oxygen atoms in total. The van der Waals surface area contributed by atoms with Gasteiger partial charge in [0.1, 0.15) is 16.9 Å². The summed E-state index contributed by atoms with van der Waals surface area (Å²) in [5.74, 6) is -0.000238. The number of ketones is 1. The molecule has 3 atom stereocenters. The molecule has 1 aliphatic heterocycles. The first-order valence-electron chi connectivity index (χ1n) is 12.1. The summed E-state index contributed by atoms with van der Waals surface area (Å²) in [7, 11) is -2.09. The van der Waals surface area contributed by atoms with E-state index in [-0.39, 0.29) is 36.6 Å². The van der Waals surface area contributed by atoms with Crippen molar-refractivity contribution in [2.24, 2.45) is 0 Å². The lowest BCUT2D eigenvalue weighted by Crippen LogP contribution is -2.45. The Kier molecular flexibility index (Phi) is 8.61. The zero-order valence-electron chi connectivity index (χ0n) is 21.7. The van der Waals surface area contributed by atoms with Gasteiger partial charge in [-0.1, -0.05) is 6.07 Å². The number of morpholine rings is 1. The van der Waals surface area contributed by atoms with Crippen LogP contribution in [0, 0.1) is 0 Å². The third-order valence-corrected chi connectivity index (χ3v) is 7.80. The van der Waals surface area contributed by atoms with Crippen LogP contribution in [-0.2, 0) is 30.7 Å². The molecule has 38 heavy (non-hydrogen) atoms. The number of nitrogens with zero attached hydrogens (tertiary/aromatic N) is 4. The Morgan fingerprint density at radius 1 is 1.18 bits per heavy atom. The van der Waals surface area contributed by atoms with Crippen molar-refractivity contribution in [1.29, 1.82) is 0 Å². The van der Waals surface area contributed by atoms with E-state index in [1.165, 1.54) is 36.9 Å². The number of nitrogens with one attached hydrogen (secondary N) is 1.